The molecule has 3 rings (SSSR count). The molecule has 2 amide bonds. The predicted molar refractivity (Wildman–Crippen MR) is 94.9 cm³/mol. The van der Waals surface area contributed by atoms with Crippen molar-refractivity contribution in [3.8, 4) is 0 Å². The van der Waals surface area contributed by atoms with E-state index in [0.29, 0.717) is 5.69 Å². The molecule has 0 fully saturated rings. The van der Waals surface area contributed by atoms with Gasteiger partial charge in [0.05, 0.1) is 10.6 Å². The van der Waals surface area contributed by atoms with E-state index in [4.69, 9.17) is 23.2 Å². The number of hydrogen-bond donors (Lipinski definition) is 0. The summed E-state index contributed by atoms with van der Waals surface area (Å²) in [5.41, 5.74) is 0.379. The van der Waals surface area contributed by atoms with Gasteiger partial charge < -0.3 is 0 Å². The van der Waals surface area contributed by atoms with E-state index < -0.39 is 16.7 Å². The van der Waals surface area contributed by atoms with Gasteiger partial charge in [0.2, 0.25) is 0 Å². The number of anilines is 1. The Kier molecular flexibility index (Phi) is 4.80. The van der Waals surface area contributed by atoms with E-state index in [9.17, 15) is 19.7 Å². The minimum absolute atomic E-state index is 0.0204. The Balaban J connectivity index is 1.76. The van der Waals surface area contributed by atoms with Gasteiger partial charge in [-0.15, -0.1) is 0 Å². The van der Waals surface area contributed by atoms with E-state index in [2.05, 4.69) is 0 Å². The van der Waals surface area contributed by atoms with Crippen LogP contribution in [0.3, 0.4) is 0 Å². The first-order valence-corrected chi connectivity index (χ1v) is 8.42. The lowest BCUT2D eigenvalue weighted by Crippen LogP contribution is -2.30. The van der Waals surface area contributed by atoms with Crippen LogP contribution in [0, 0.1) is 10.1 Å². The topological polar surface area (TPSA) is 80.5 Å². The van der Waals surface area contributed by atoms with Crippen molar-refractivity contribution in [3.63, 3.8) is 0 Å². The van der Waals surface area contributed by atoms with Gasteiger partial charge in [-0.05, 0) is 36.4 Å². The summed E-state index contributed by atoms with van der Waals surface area (Å²) < 4.78 is 0. The lowest BCUT2D eigenvalue weighted by Gasteiger charge is -2.14. The number of imide groups is 1. The third-order valence-electron chi connectivity index (χ3n) is 3.35. The normalized spacial score (nSPS) is 14.4. The molecule has 0 N–H and O–H groups in total. The van der Waals surface area contributed by atoms with Crippen LogP contribution in [0.2, 0.25) is 0 Å². The van der Waals surface area contributed by atoms with Crippen molar-refractivity contribution >= 4 is 58.2 Å². The zero-order valence-electron chi connectivity index (χ0n) is 12.3. The molecule has 0 atom stereocenters. The number of nitrogens with zero attached hydrogens (tertiary/aromatic N) is 2. The maximum atomic E-state index is 12.0. The fourth-order valence-corrected chi connectivity index (χ4v) is 3.29. The Morgan fingerprint density at radius 3 is 1.72 bits per heavy atom. The SMILES string of the molecule is O=C1C(Cl)=C(Cl)C(=O)N1c1ccc(Sc2ccc([N+](=O)[O-])cc2)cc1. The molecule has 0 spiro atoms. The second kappa shape index (κ2) is 6.87. The summed E-state index contributed by atoms with van der Waals surface area (Å²) in [6.45, 7) is 0. The average Bonchev–Trinajstić information content (AvgIpc) is 2.80. The zero-order chi connectivity index (χ0) is 18.1. The van der Waals surface area contributed by atoms with E-state index >= 15 is 0 Å². The number of halogens is 2. The van der Waals surface area contributed by atoms with Gasteiger partial charge in [0.25, 0.3) is 17.5 Å². The Morgan fingerprint density at radius 2 is 1.28 bits per heavy atom. The quantitative estimate of drug-likeness (QED) is 0.438. The van der Waals surface area contributed by atoms with Crippen molar-refractivity contribution in [3.05, 3.63) is 68.7 Å². The lowest BCUT2D eigenvalue weighted by molar-refractivity contribution is -0.384. The number of benzene rings is 2. The summed E-state index contributed by atoms with van der Waals surface area (Å²) in [7, 11) is 0. The third kappa shape index (κ3) is 3.39. The molecular weight excluding hydrogens is 387 g/mol. The van der Waals surface area contributed by atoms with E-state index in [-0.39, 0.29) is 15.8 Å². The van der Waals surface area contributed by atoms with Crippen molar-refractivity contribution in [2.24, 2.45) is 0 Å². The number of nitro groups is 1. The van der Waals surface area contributed by atoms with Crippen LogP contribution >= 0.6 is 35.0 Å². The minimum atomic E-state index is -0.660. The molecule has 1 heterocycles. The van der Waals surface area contributed by atoms with Crippen LogP contribution in [0.5, 0.6) is 0 Å². The monoisotopic (exact) mass is 394 g/mol. The molecule has 1 aliphatic rings. The average molecular weight is 395 g/mol. The first-order chi connectivity index (χ1) is 11.9. The van der Waals surface area contributed by atoms with Crippen LogP contribution in [0.1, 0.15) is 0 Å². The summed E-state index contributed by atoms with van der Waals surface area (Å²) >= 11 is 12.8. The predicted octanol–water partition coefficient (Wildman–Crippen LogP) is 4.31. The molecule has 0 saturated heterocycles. The molecule has 2 aromatic rings. The smallest absolute Gasteiger partial charge is 0.267 e. The summed E-state index contributed by atoms with van der Waals surface area (Å²) in [6.07, 6.45) is 0. The van der Waals surface area contributed by atoms with Crippen molar-refractivity contribution in [2.45, 2.75) is 9.79 Å². The lowest BCUT2D eigenvalue weighted by atomic mass is 10.3. The first kappa shape index (κ1) is 17.5. The number of hydrogen-bond acceptors (Lipinski definition) is 5. The number of rotatable bonds is 4. The molecule has 126 valence electrons. The van der Waals surface area contributed by atoms with E-state index in [1.54, 1.807) is 36.4 Å². The molecule has 25 heavy (non-hydrogen) atoms. The Bertz CT molecular complexity index is 887. The standard InChI is InChI=1S/C16H8Cl2N2O4S/c17-13-14(18)16(22)19(15(13)21)9-1-5-11(6-2-9)25-12-7-3-10(4-8-12)20(23)24/h1-8H. The number of amides is 2. The van der Waals surface area contributed by atoms with Crippen molar-refractivity contribution < 1.29 is 14.5 Å². The largest absolute Gasteiger partial charge is 0.278 e. The van der Waals surface area contributed by atoms with Gasteiger partial charge in [0.1, 0.15) is 10.1 Å². The highest BCUT2D eigenvalue weighted by molar-refractivity contribution is 7.99. The molecule has 0 aliphatic carbocycles. The highest BCUT2D eigenvalue weighted by Gasteiger charge is 2.37. The van der Waals surface area contributed by atoms with Crippen LogP contribution in [-0.2, 0) is 9.59 Å². The summed E-state index contributed by atoms with van der Waals surface area (Å²) in [5.74, 6) is -1.32. The van der Waals surface area contributed by atoms with Crippen molar-refractivity contribution in [2.75, 3.05) is 4.90 Å². The van der Waals surface area contributed by atoms with Gasteiger partial charge in [-0.2, -0.15) is 0 Å². The van der Waals surface area contributed by atoms with Crippen LogP contribution in [0.25, 0.3) is 0 Å². The number of non-ortho nitro benzene ring substituents is 1. The fraction of sp³-hybridized carbons (Fsp3) is 0. The Hall–Kier alpha value is -2.35. The van der Waals surface area contributed by atoms with Crippen LogP contribution in [0.4, 0.5) is 11.4 Å². The molecule has 0 aromatic heterocycles. The molecule has 9 heteroatoms. The van der Waals surface area contributed by atoms with Crippen LogP contribution in [-0.4, -0.2) is 16.7 Å². The molecular formula is C16H8Cl2N2O4S. The molecule has 0 saturated carbocycles. The van der Waals surface area contributed by atoms with Crippen LogP contribution < -0.4 is 4.90 Å². The maximum Gasteiger partial charge on any atom is 0.278 e. The molecule has 1 aliphatic heterocycles. The van der Waals surface area contributed by atoms with Gasteiger partial charge in [0.15, 0.2) is 0 Å². The Labute approximate surface area is 156 Å². The zero-order valence-corrected chi connectivity index (χ0v) is 14.6. The highest BCUT2D eigenvalue weighted by Crippen LogP contribution is 2.34. The van der Waals surface area contributed by atoms with E-state index in [1.807, 2.05) is 0 Å². The van der Waals surface area contributed by atoms with Gasteiger partial charge in [-0.25, -0.2) is 4.90 Å². The minimum Gasteiger partial charge on any atom is -0.267 e. The van der Waals surface area contributed by atoms with Gasteiger partial charge in [-0.1, -0.05) is 35.0 Å². The first-order valence-electron chi connectivity index (χ1n) is 6.85. The molecule has 2 aromatic carbocycles. The summed E-state index contributed by atoms with van der Waals surface area (Å²) in [5, 5.41) is 10.1. The molecule has 0 bridgehead atoms. The van der Waals surface area contributed by atoms with Gasteiger partial charge >= 0.3 is 0 Å². The van der Waals surface area contributed by atoms with Gasteiger partial charge in [-0.3, -0.25) is 19.7 Å². The van der Waals surface area contributed by atoms with Gasteiger partial charge in [0, 0.05) is 21.9 Å². The van der Waals surface area contributed by atoms with E-state index in [1.165, 1.54) is 23.9 Å². The number of carbonyl (C=O) groups excluding carboxylic acids is 2. The van der Waals surface area contributed by atoms with Crippen molar-refractivity contribution in [1.29, 1.82) is 0 Å². The summed E-state index contributed by atoms with van der Waals surface area (Å²) in [4.78, 5) is 36.7. The molecule has 0 radical (unpaired) electrons. The number of carbonyl (C=O) groups is 2. The summed E-state index contributed by atoms with van der Waals surface area (Å²) in [6, 6.07) is 12.8. The second-order valence-electron chi connectivity index (χ2n) is 4.92. The second-order valence-corrected chi connectivity index (χ2v) is 6.82. The molecule has 0 unspecified atom stereocenters. The Morgan fingerprint density at radius 1 is 0.840 bits per heavy atom. The fourth-order valence-electron chi connectivity index (χ4n) is 2.15. The maximum absolute atomic E-state index is 12.0. The highest BCUT2D eigenvalue weighted by atomic mass is 35.5. The molecule has 6 nitrogen and oxygen atoms in total. The van der Waals surface area contributed by atoms with Crippen LogP contribution in [0.15, 0.2) is 68.4 Å². The third-order valence-corrected chi connectivity index (χ3v) is 5.17. The number of nitro benzene ring substituents is 1. The van der Waals surface area contributed by atoms with E-state index in [0.717, 1.165) is 14.7 Å². The van der Waals surface area contributed by atoms with Crippen molar-refractivity contribution in [1.82, 2.24) is 0 Å².